The highest BCUT2D eigenvalue weighted by Gasteiger charge is 2.18. The fraction of sp³-hybridized carbons (Fsp3) is 0.412. The molecule has 0 unspecified atom stereocenters. The summed E-state index contributed by atoms with van der Waals surface area (Å²) in [6, 6.07) is 5.62. The zero-order valence-electron chi connectivity index (χ0n) is 13.4. The third-order valence-corrected chi connectivity index (χ3v) is 4.08. The van der Waals surface area contributed by atoms with Crippen molar-refractivity contribution in [2.45, 2.75) is 19.3 Å². The first-order valence-corrected chi connectivity index (χ1v) is 7.96. The van der Waals surface area contributed by atoms with Crippen LogP contribution >= 0.6 is 0 Å². The number of nitrogens with zero attached hydrogens (tertiary/aromatic N) is 5. The highest BCUT2D eigenvalue weighted by Crippen LogP contribution is 2.15. The Morgan fingerprint density at radius 3 is 2.65 bits per heavy atom. The summed E-state index contributed by atoms with van der Waals surface area (Å²) in [7, 11) is 1.81. The zero-order valence-corrected chi connectivity index (χ0v) is 13.4. The number of pyridine rings is 1. The Morgan fingerprint density at radius 2 is 1.91 bits per heavy atom. The molecule has 1 aliphatic rings. The molecule has 0 bridgehead atoms. The first-order chi connectivity index (χ1) is 11.2. The monoisotopic (exact) mass is 311 g/mol. The second kappa shape index (κ2) is 7.17. The third-order valence-electron chi connectivity index (χ3n) is 4.08. The number of hydrogen-bond donors (Lipinski definition) is 0. The van der Waals surface area contributed by atoms with Gasteiger partial charge in [0.05, 0.1) is 0 Å². The van der Waals surface area contributed by atoms with Gasteiger partial charge in [0, 0.05) is 45.3 Å². The van der Waals surface area contributed by atoms with Gasteiger partial charge in [0.15, 0.2) is 0 Å². The van der Waals surface area contributed by atoms with Crippen LogP contribution in [-0.2, 0) is 6.42 Å². The maximum atomic E-state index is 12.5. The van der Waals surface area contributed by atoms with Gasteiger partial charge in [-0.05, 0) is 43.0 Å². The van der Waals surface area contributed by atoms with Gasteiger partial charge in [0.1, 0.15) is 5.69 Å². The predicted octanol–water partition coefficient (Wildman–Crippen LogP) is 1.79. The average molecular weight is 311 g/mol. The van der Waals surface area contributed by atoms with Gasteiger partial charge < -0.3 is 9.80 Å². The van der Waals surface area contributed by atoms with Crippen LogP contribution in [0, 0.1) is 0 Å². The van der Waals surface area contributed by atoms with Crippen LogP contribution in [0.1, 0.15) is 28.9 Å². The number of anilines is 1. The third kappa shape index (κ3) is 3.83. The van der Waals surface area contributed by atoms with E-state index in [0.717, 1.165) is 32.4 Å². The summed E-state index contributed by atoms with van der Waals surface area (Å²) in [5, 5.41) is 0. The molecular formula is C17H21N5O. The maximum absolute atomic E-state index is 12.5. The summed E-state index contributed by atoms with van der Waals surface area (Å²) in [4.78, 5) is 29.1. The standard InChI is InChI=1S/C17H21N5O/c1-21(13-7-14-4-8-18-9-5-14)16(23)15-6-10-19-17(20-15)22-11-2-3-12-22/h4-6,8-10H,2-3,7,11-13H2,1H3. The van der Waals surface area contributed by atoms with Crippen molar-refractivity contribution in [2.24, 2.45) is 0 Å². The summed E-state index contributed by atoms with van der Waals surface area (Å²) in [5.74, 6) is 0.595. The van der Waals surface area contributed by atoms with Crippen molar-refractivity contribution >= 4 is 11.9 Å². The number of amides is 1. The predicted molar refractivity (Wildman–Crippen MR) is 88.4 cm³/mol. The van der Waals surface area contributed by atoms with Gasteiger partial charge in [-0.2, -0.15) is 0 Å². The lowest BCUT2D eigenvalue weighted by Gasteiger charge is -2.19. The Kier molecular flexibility index (Phi) is 4.80. The minimum atomic E-state index is -0.0677. The van der Waals surface area contributed by atoms with E-state index in [0.29, 0.717) is 18.2 Å². The smallest absolute Gasteiger partial charge is 0.272 e. The zero-order chi connectivity index (χ0) is 16.1. The van der Waals surface area contributed by atoms with Crippen molar-refractivity contribution in [1.29, 1.82) is 0 Å². The van der Waals surface area contributed by atoms with Gasteiger partial charge in [-0.1, -0.05) is 0 Å². The summed E-state index contributed by atoms with van der Waals surface area (Å²) >= 11 is 0. The molecule has 1 amide bonds. The Bertz CT molecular complexity index is 655. The van der Waals surface area contributed by atoms with Crippen LogP contribution < -0.4 is 4.90 Å². The molecule has 2 aromatic heterocycles. The molecule has 0 atom stereocenters. The van der Waals surface area contributed by atoms with Gasteiger partial charge in [-0.25, -0.2) is 9.97 Å². The molecule has 6 heteroatoms. The Labute approximate surface area is 136 Å². The van der Waals surface area contributed by atoms with Crippen molar-refractivity contribution in [3.8, 4) is 0 Å². The number of carbonyl (C=O) groups excluding carboxylic acids is 1. The molecule has 3 heterocycles. The normalized spacial score (nSPS) is 14.0. The van der Waals surface area contributed by atoms with Crippen molar-refractivity contribution in [3.63, 3.8) is 0 Å². The number of carbonyl (C=O) groups is 1. The largest absolute Gasteiger partial charge is 0.341 e. The first-order valence-electron chi connectivity index (χ1n) is 7.96. The first kappa shape index (κ1) is 15.4. The topological polar surface area (TPSA) is 62.2 Å². The molecule has 1 aliphatic heterocycles. The van der Waals surface area contributed by atoms with Crippen LogP contribution in [-0.4, -0.2) is 52.4 Å². The van der Waals surface area contributed by atoms with E-state index < -0.39 is 0 Å². The van der Waals surface area contributed by atoms with Crippen LogP contribution in [0.2, 0.25) is 0 Å². The fourth-order valence-electron chi connectivity index (χ4n) is 2.68. The minimum absolute atomic E-state index is 0.0677. The number of rotatable bonds is 5. The van der Waals surface area contributed by atoms with Crippen LogP contribution in [0.25, 0.3) is 0 Å². The van der Waals surface area contributed by atoms with E-state index in [9.17, 15) is 4.79 Å². The van der Waals surface area contributed by atoms with Gasteiger partial charge in [0.2, 0.25) is 5.95 Å². The molecule has 0 aliphatic carbocycles. The highest BCUT2D eigenvalue weighted by molar-refractivity contribution is 5.92. The maximum Gasteiger partial charge on any atom is 0.272 e. The number of likely N-dealkylation sites (N-methyl/N-ethyl adjacent to an activating group) is 1. The molecule has 2 aromatic rings. The fourth-order valence-corrected chi connectivity index (χ4v) is 2.68. The number of hydrogen-bond acceptors (Lipinski definition) is 5. The summed E-state index contributed by atoms with van der Waals surface area (Å²) in [6.07, 6.45) is 8.33. The molecule has 0 spiro atoms. The second-order valence-corrected chi connectivity index (χ2v) is 5.77. The SMILES string of the molecule is CN(CCc1ccncc1)C(=O)c1ccnc(N2CCCC2)n1. The molecule has 0 saturated carbocycles. The second-order valence-electron chi connectivity index (χ2n) is 5.77. The molecule has 0 radical (unpaired) electrons. The van der Waals surface area contributed by atoms with Gasteiger partial charge in [-0.3, -0.25) is 9.78 Å². The Morgan fingerprint density at radius 1 is 1.17 bits per heavy atom. The van der Waals surface area contributed by atoms with Crippen molar-refractivity contribution < 1.29 is 4.79 Å². The van der Waals surface area contributed by atoms with Crippen LogP contribution in [0.4, 0.5) is 5.95 Å². The Balaban J connectivity index is 1.63. The van der Waals surface area contributed by atoms with E-state index in [4.69, 9.17) is 0 Å². The quantitative estimate of drug-likeness (QED) is 0.842. The summed E-state index contributed by atoms with van der Waals surface area (Å²) in [5.41, 5.74) is 1.62. The van der Waals surface area contributed by atoms with E-state index in [1.165, 1.54) is 5.56 Å². The highest BCUT2D eigenvalue weighted by atomic mass is 16.2. The van der Waals surface area contributed by atoms with Gasteiger partial charge in [-0.15, -0.1) is 0 Å². The van der Waals surface area contributed by atoms with Crippen molar-refractivity contribution in [2.75, 3.05) is 31.6 Å². The number of aromatic nitrogens is 3. The molecule has 1 saturated heterocycles. The molecule has 3 rings (SSSR count). The average Bonchev–Trinajstić information content (AvgIpc) is 3.15. The van der Waals surface area contributed by atoms with E-state index in [1.54, 1.807) is 36.6 Å². The summed E-state index contributed by atoms with van der Waals surface area (Å²) < 4.78 is 0. The van der Waals surface area contributed by atoms with Gasteiger partial charge >= 0.3 is 0 Å². The van der Waals surface area contributed by atoms with E-state index in [2.05, 4.69) is 19.9 Å². The summed E-state index contributed by atoms with van der Waals surface area (Å²) in [6.45, 7) is 2.58. The minimum Gasteiger partial charge on any atom is -0.341 e. The van der Waals surface area contributed by atoms with Crippen molar-refractivity contribution in [3.05, 3.63) is 48.0 Å². The van der Waals surface area contributed by atoms with E-state index in [1.807, 2.05) is 12.1 Å². The lowest BCUT2D eigenvalue weighted by atomic mass is 10.2. The van der Waals surface area contributed by atoms with Crippen LogP contribution in [0.15, 0.2) is 36.8 Å². The van der Waals surface area contributed by atoms with Crippen LogP contribution in [0.3, 0.4) is 0 Å². The van der Waals surface area contributed by atoms with E-state index in [-0.39, 0.29) is 5.91 Å². The lowest BCUT2D eigenvalue weighted by Crippen LogP contribution is -2.30. The molecule has 6 nitrogen and oxygen atoms in total. The lowest BCUT2D eigenvalue weighted by molar-refractivity contribution is 0.0790. The molecule has 23 heavy (non-hydrogen) atoms. The van der Waals surface area contributed by atoms with E-state index >= 15 is 0 Å². The molecular weight excluding hydrogens is 290 g/mol. The Hall–Kier alpha value is -2.50. The molecule has 0 aromatic carbocycles. The molecule has 120 valence electrons. The van der Waals surface area contributed by atoms with Crippen LogP contribution in [0.5, 0.6) is 0 Å². The molecule has 1 fully saturated rings. The van der Waals surface area contributed by atoms with Gasteiger partial charge in [0.25, 0.3) is 5.91 Å². The molecule has 0 N–H and O–H groups in total. The van der Waals surface area contributed by atoms with Crippen molar-refractivity contribution in [1.82, 2.24) is 19.9 Å².